The Hall–Kier alpha value is -1.26. The molecule has 4 heteroatoms. The van der Waals surface area contributed by atoms with Crippen LogP contribution in [0.3, 0.4) is 0 Å². The van der Waals surface area contributed by atoms with Crippen LogP contribution in [0.5, 0.6) is 0 Å². The number of carbonyl (C=O) groups excluding carboxylic acids is 1. The third-order valence-electron chi connectivity index (χ3n) is 2.04. The highest BCUT2D eigenvalue weighted by atomic mass is 32.1. The first-order valence-electron chi connectivity index (χ1n) is 4.81. The molecule has 0 aliphatic heterocycles. The quantitative estimate of drug-likeness (QED) is 0.807. The summed E-state index contributed by atoms with van der Waals surface area (Å²) in [5.41, 5.74) is 6.47. The lowest BCUT2D eigenvalue weighted by molar-refractivity contribution is 0.0976. The predicted molar refractivity (Wildman–Crippen MR) is 62.2 cm³/mol. The van der Waals surface area contributed by atoms with Crippen LogP contribution in [0.2, 0.25) is 0 Å². The summed E-state index contributed by atoms with van der Waals surface area (Å²) in [5.74, 6) is 0.0335. The van der Waals surface area contributed by atoms with Crippen LogP contribution in [-0.2, 0) is 0 Å². The zero-order chi connectivity index (χ0) is 10.8. The molecule has 0 saturated heterocycles. The molecule has 0 fully saturated rings. The van der Waals surface area contributed by atoms with Crippen molar-refractivity contribution in [3.63, 3.8) is 0 Å². The number of hydrogen-bond donors (Lipinski definition) is 1. The molecule has 3 nitrogen and oxygen atoms in total. The summed E-state index contributed by atoms with van der Waals surface area (Å²) in [6.45, 7) is 1.82. The SMILES string of the molecule is CC(N)CC(=O)c1nc2ccccc2s1. The van der Waals surface area contributed by atoms with Crippen LogP contribution in [0.1, 0.15) is 23.1 Å². The maximum Gasteiger partial charge on any atom is 0.192 e. The van der Waals surface area contributed by atoms with E-state index in [4.69, 9.17) is 5.73 Å². The summed E-state index contributed by atoms with van der Waals surface area (Å²) in [7, 11) is 0. The van der Waals surface area contributed by atoms with E-state index < -0.39 is 0 Å². The van der Waals surface area contributed by atoms with Gasteiger partial charge in [-0.05, 0) is 19.1 Å². The first kappa shape index (κ1) is 10.3. The Morgan fingerprint density at radius 2 is 2.27 bits per heavy atom. The minimum atomic E-state index is -0.107. The van der Waals surface area contributed by atoms with Crippen molar-refractivity contribution >= 4 is 27.3 Å². The van der Waals surface area contributed by atoms with Gasteiger partial charge in [0.1, 0.15) is 0 Å². The fraction of sp³-hybridized carbons (Fsp3) is 0.273. The van der Waals surface area contributed by atoms with E-state index in [0.717, 1.165) is 10.2 Å². The number of para-hydroxylation sites is 1. The Morgan fingerprint density at radius 1 is 1.53 bits per heavy atom. The van der Waals surface area contributed by atoms with Gasteiger partial charge in [0, 0.05) is 12.5 Å². The van der Waals surface area contributed by atoms with Crippen molar-refractivity contribution in [2.75, 3.05) is 0 Å². The van der Waals surface area contributed by atoms with Gasteiger partial charge >= 0.3 is 0 Å². The molecule has 0 saturated carbocycles. The van der Waals surface area contributed by atoms with Crippen molar-refractivity contribution in [1.29, 1.82) is 0 Å². The van der Waals surface area contributed by atoms with Crippen LogP contribution >= 0.6 is 11.3 Å². The number of nitrogens with two attached hydrogens (primary N) is 1. The number of thiazole rings is 1. The van der Waals surface area contributed by atoms with Gasteiger partial charge in [0.15, 0.2) is 10.8 Å². The van der Waals surface area contributed by atoms with Crippen molar-refractivity contribution in [3.8, 4) is 0 Å². The van der Waals surface area contributed by atoms with Crippen molar-refractivity contribution in [3.05, 3.63) is 29.3 Å². The summed E-state index contributed by atoms with van der Waals surface area (Å²) < 4.78 is 1.05. The van der Waals surface area contributed by atoms with E-state index in [-0.39, 0.29) is 11.8 Å². The zero-order valence-corrected chi connectivity index (χ0v) is 9.25. The smallest absolute Gasteiger partial charge is 0.192 e. The number of fused-ring (bicyclic) bond motifs is 1. The molecule has 2 rings (SSSR count). The van der Waals surface area contributed by atoms with Gasteiger partial charge in [-0.1, -0.05) is 12.1 Å². The first-order valence-corrected chi connectivity index (χ1v) is 5.63. The molecule has 0 aliphatic carbocycles. The molecule has 1 aromatic carbocycles. The number of aromatic nitrogens is 1. The number of nitrogens with zero attached hydrogens (tertiary/aromatic N) is 1. The molecule has 1 atom stereocenters. The summed E-state index contributed by atoms with van der Waals surface area (Å²) in [6.07, 6.45) is 0.361. The Balaban J connectivity index is 2.32. The van der Waals surface area contributed by atoms with E-state index in [0.29, 0.717) is 11.4 Å². The fourth-order valence-corrected chi connectivity index (χ4v) is 2.29. The zero-order valence-electron chi connectivity index (χ0n) is 8.43. The minimum absolute atomic E-state index is 0.0335. The van der Waals surface area contributed by atoms with Crippen LogP contribution in [0.15, 0.2) is 24.3 Å². The van der Waals surface area contributed by atoms with Crippen molar-refractivity contribution in [2.45, 2.75) is 19.4 Å². The van der Waals surface area contributed by atoms with E-state index in [9.17, 15) is 4.79 Å². The normalized spacial score (nSPS) is 12.9. The molecule has 2 aromatic rings. The largest absolute Gasteiger partial charge is 0.328 e. The summed E-state index contributed by atoms with van der Waals surface area (Å²) >= 11 is 1.43. The summed E-state index contributed by atoms with van der Waals surface area (Å²) in [4.78, 5) is 16.0. The van der Waals surface area contributed by atoms with E-state index in [1.54, 1.807) is 0 Å². The molecule has 0 bridgehead atoms. The second kappa shape index (κ2) is 4.08. The first-order chi connectivity index (χ1) is 7.16. The van der Waals surface area contributed by atoms with E-state index in [2.05, 4.69) is 4.98 Å². The molecule has 0 spiro atoms. The Morgan fingerprint density at radius 3 is 2.93 bits per heavy atom. The number of hydrogen-bond acceptors (Lipinski definition) is 4. The third kappa shape index (κ3) is 2.22. The monoisotopic (exact) mass is 220 g/mol. The van der Waals surface area contributed by atoms with Crippen molar-refractivity contribution < 1.29 is 4.79 Å². The molecule has 1 heterocycles. The van der Waals surface area contributed by atoms with Crippen LogP contribution in [-0.4, -0.2) is 16.8 Å². The molecular formula is C11H12N2OS. The highest BCUT2D eigenvalue weighted by Crippen LogP contribution is 2.22. The summed E-state index contributed by atoms with van der Waals surface area (Å²) in [5, 5.41) is 0.563. The lowest BCUT2D eigenvalue weighted by Gasteiger charge is -1.99. The van der Waals surface area contributed by atoms with Gasteiger partial charge in [-0.15, -0.1) is 11.3 Å². The predicted octanol–water partition coefficient (Wildman–Crippen LogP) is 2.22. The lowest BCUT2D eigenvalue weighted by Crippen LogP contribution is -2.19. The van der Waals surface area contributed by atoms with Crippen molar-refractivity contribution in [2.24, 2.45) is 5.73 Å². The molecule has 2 N–H and O–H groups in total. The van der Waals surface area contributed by atoms with Gasteiger partial charge in [0.25, 0.3) is 0 Å². The van der Waals surface area contributed by atoms with Gasteiger partial charge in [-0.2, -0.15) is 0 Å². The molecule has 15 heavy (non-hydrogen) atoms. The Labute approximate surface area is 91.9 Å². The Bertz CT molecular complexity index is 457. The second-order valence-electron chi connectivity index (χ2n) is 3.59. The fourth-order valence-electron chi connectivity index (χ4n) is 1.37. The number of carbonyl (C=O) groups is 1. The number of benzene rings is 1. The molecule has 0 radical (unpaired) electrons. The van der Waals surface area contributed by atoms with Crippen molar-refractivity contribution in [1.82, 2.24) is 4.98 Å². The number of rotatable bonds is 3. The second-order valence-corrected chi connectivity index (χ2v) is 4.62. The van der Waals surface area contributed by atoms with Crippen LogP contribution in [0.4, 0.5) is 0 Å². The third-order valence-corrected chi connectivity index (χ3v) is 3.12. The average Bonchev–Trinajstić information content (AvgIpc) is 2.59. The molecule has 1 aromatic heterocycles. The average molecular weight is 220 g/mol. The van der Waals surface area contributed by atoms with E-state index in [1.165, 1.54) is 11.3 Å². The van der Waals surface area contributed by atoms with Gasteiger partial charge in [-0.25, -0.2) is 4.98 Å². The maximum absolute atomic E-state index is 11.7. The van der Waals surface area contributed by atoms with Gasteiger partial charge < -0.3 is 5.73 Å². The highest BCUT2D eigenvalue weighted by molar-refractivity contribution is 7.20. The van der Waals surface area contributed by atoms with Gasteiger partial charge in [-0.3, -0.25) is 4.79 Å². The number of ketones is 1. The maximum atomic E-state index is 11.7. The molecule has 0 aliphatic rings. The van der Waals surface area contributed by atoms with E-state index >= 15 is 0 Å². The molecule has 1 unspecified atom stereocenters. The topological polar surface area (TPSA) is 56.0 Å². The molecular weight excluding hydrogens is 208 g/mol. The number of Topliss-reactive ketones (excluding diaryl/α,β-unsaturated/α-hetero) is 1. The standard InChI is InChI=1S/C11H12N2OS/c1-7(12)6-9(14)11-13-8-4-2-3-5-10(8)15-11/h2-5,7H,6,12H2,1H3. The van der Waals surface area contributed by atoms with Crippen LogP contribution in [0, 0.1) is 0 Å². The van der Waals surface area contributed by atoms with Gasteiger partial charge in [0.05, 0.1) is 10.2 Å². The lowest BCUT2D eigenvalue weighted by atomic mass is 10.2. The summed E-state index contributed by atoms with van der Waals surface area (Å²) in [6, 6.07) is 7.64. The Kier molecular flexibility index (Phi) is 2.79. The van der Waals surface area contributed by atoms with Crippen LogP contribution < -0.4 is 5.73 Å². The molecule has 78 valence electrons. The van der Waals surface area contributed by atoms with E-state index in [1.807, 2.05) is 31.2 Å². The molecule has 0 amide bonds. The highest BCUT2D eigenvalue weighted by Gasteiger charge is 2.13. The van der Waals surface area contributed by atoms with Gasteiger partial charge in [0.2, 0.25) is 0 Å². The minimum Gasteiger partial charge on any atom is -0.328 e. The van der Waals surface area contributed by atoms with Crippen LogP contribution in [0.25, 0.3) is 10.2 Å².